The Kier molecular flexibility index (Phi) is 12.2. The molecule has 0 bridgehead atoms. The molecule has 49 heavy (non-hydrogen) atoms. The summed E-state index contributed by atoms with van der Waals surface area (Å²) >= 11 is 0. The molecule has 0 spiro atoms. The summed E-state index contributed by atoms with van der Waals surface area (Å²) in [5, 5.41) is 15.4. The van der Waals surface area contributed by atoms with Crippen molar-refractivity contribution in [3.8, 4) is 11.4 Å². The van der Waals surface area contributed by atoms with Gasteiger partial charge in [0.1, 0.15) is 30.3 Å². The molecular formula is C33H43FN8O6S. The second-order valence-electron chi connectivity index (χ2n) is 12.5. The number of amides is 4. The molecule has 0 unspecified atom stereocenters. The number of carbonyl (C=O) groups is 4. The highest BCUT2D eigenvalue weighted by Gasteiger charge is 2.31. The lowest BCUT2D eigenvalue weighted by atomic mass is 10.0. The van der Waals surface area contributed by atoms with Gasteiger partial charge in [-0.1, -0.05) is 50.2 Å². The minimum Gasteiger partial charge on any atom is -0.354 e. The highest BCUT2D eigenvalue weighted by atomic mass is 32.2. The normalized spacial score (nSPS) is 21.0. The molecule has 2 aromatic carbocycles. The first kappa shape index (κ1) is 37.1. The predicted molar refractivity (Wildman–Crippen MR) is 179 cm³/mol. The Bertz CT molecular complexity index is 1780. The van der Waals surface area contributed by atoms with Crippen molar-refractivity contribution >= 4 is 33.7 Å². The molecule has 4 N–H and O–H groups in total. The smallest absolute Gasteiger partial charge is 0.243 e. The maximum Gasteiger partial charge on any atom is 0.243 e. The van der Waals surface area contributed by atoms with E-state index >= 15 is 0 Å². The van der Waals surface area contributed by atoms with Crippen molar-refractivity contribution in [2.45, 2.75) is 77.0 Å². The van der Waals surface area contributed by atoms with E-state index in [0.717, 1.165) is 16.4 Å². The average molecular weight is 699 g/mol. The van der Waals surface area contributed by atoms with E-state index in [0.29, 0.717) is 17.2 Å². The van der Waals surface area contributed by atoms with Gasteiger partial charge in [0.15, 0.2) is 5.82 Å². The lowest BCUT2D eigenvalue weighted by Crippen LogP contribution is -2.54. The van der Waals surface area contributed by atoms with Crippen molar-refractivity contribution in [3.63, 3.8) is 0 Å². The average Bonchev–Trinajstić information content (AvgIpc) is 3.46. The largest absolute Gasteiger partial charge is 0.354 e. The molecule has 0 saturated heterocycles. The Hall–Kier alpha value is -4.70. The lowest BCUT2D eigenvalue weighted by Gasteiger charge is -2.25. The molecule has 1 aromatic heterocycles. The summed E-state index contributed by atoms with van der Waals surface area (Å²) in [7, 11) is -4.38. The lowest BCUT2D eigenvalue weighted by molar-refractivity contribution is -0.132. The molecule has 1 aliphatic heterocycles. The fraction of sp³-hybridized carbons (Fsp3) is 0.455. The zero-order valence-electron chi connectivity index (χ0n) is 28.2. The number of carbonyl (C=O) groups excluding carboxylic acids is 4. The van der Waals surface area contributed by atoms with E-state index in [2.05, 4.69) is 31.3 Å². The van der Waals surface area contributed by atoms with Crippen LogP contribution in [0.1, 0.15) is 58.0 Å². The molecule has 14 nitrogen and oxygen atoms in total. The molecule has 16 heteroatoms. The summed E-state index contributed by atoms with van der Waals surface area (Å²) < 4.78 is 43.8. The van der Waals surface area contributed by atoms with Crippen LogP contribution in [0.3, 0.4) is 0 Å². The molecule has 4 rings (SSSR count). The molecule has 4 amide bonds. The molecule has 264 valence electrons. The van der Waals surface area contributed by atoms with Gasteiger partial charge in [-0.05, 0) is 57.2 Å². The third-order valence-electron chi connectivity index (χ3n) is 7.88. The number of halogens is 1. The Labute approximate surface area is 285 Å². The SMILES string of the molecule is Cc1ccc(F)cc1S(=O)(=O)N1CCCNC(=O)Cn2nc(-c3ccccc3)nc2[C@H](C)NC(=O)[C@@H](CC(C)C)NC(=O)[C@@H](C)NC(=O)C1. The number of nitrogens with zero attached hydrogens (tertiary/aromatic N) is 4. The standard InChI is InChI=1S/C33H43FN8O6S/c1-20(2)16-26-33(46)37-22(4)31-39-30(24-10-7-6-8-11-24)40-42(31)19-28(43)35-14-9-15-41(18-29(44)36-23(5)32(45)38-26)49(47,48)27-17-25(34)13-12-21(27)3/h6-8,10-13,17,20,22-23,26H,9,14-16,18-19H2,1-5H3,(H,35,43)(H,36,44)(H,37,46)(H,38,45)/t22-,23+,26+/m0/s1. The van der Waals surface area contributed by atoms with Crippen LogP contribution in [0.4, 0.5) is 4.39 Å². The van der Waals surface area contributed by atoms with E-state index in [4.69, 9.17) is 0 Å². The second-order valence-corrected chi connectivity index (χ2v) is 14.4. The van der Waals surface area contributed by atoms with E-state index in [1.807, 2.05) is 44.2 Å². The molecule has 3 atom stereocenters. The van der Waals surface area contributed by atoms with Crippen LogP contribution in [0.2, 0.25) is 0 Å². The van der Waals surface area contributed by atoms with Crippen LogP contribution >= 0.6 is 0 Å². The van der Waals surface area contributed by atoms with Gasteiger partial charge in [0.25, 0.3) is 0 Å². The predicted octanol–water partition coefficient (Wildman–Crippen LogP) is 1.82. The maximum atomic E-state index is 14.1. The summed E-state index contributed by atoms with van der Waals surface area (Å²) in [4.78, 5) is 57.4. The monoisotopic (exact) mass is 698 g/mol. The number of rotatable bonds is 5. The fourth-order valence-corrected chi connectivity index (χ4v) is 7.01. The third kappa shape index (κ3) is 9.69. The zero-order chi connectivity index (χ0) is 35.9. The summed E-state index contributed by atoms with van der Waals surface area (Å²) in [6.45, 7) is 7.29. The first-order chi connectivity index (χ1) is 23.1. The van der Waals surface area contributed by atoms with Gasteiger partial charge in [-0.25, -0.2) is 22.5 Å². The number of sulfonamides is 1. The Morgan fingerprint density at radius 3 is 2.33 bits per heavy atom. The maximum absolute atomic E-state index is 14.1. The Balaban J connectivity index is 1.68. The van der Waals surface area contributed by atoms with Crippen molar-refractivity contribution < 1.29 is 32.0 Å². The van der Waals surface area contributed by atoms with Gasteiger partial charge in [-0.3, -0.25) is 19.2 Å². The van der Waals surface area contributed by atoms with Gasteiger partial charge >= 0.3 is 0 Å². The van der Waals surface area contributed by atoms with Crippen molar-refractivity contribution in [1.82, 2.24) is 40.3 Å². The summed E-state index contributed by atoms with van der Waals surface area (Å²) in [5.41, 5.74) is 0.979. The number of aromatic nitrogens is 3. The van der Waals surface area contributed by atoms with E-state index in [9.17, 15) is 32.0 Å². The Morgan fingerprint density at radius 1 is 0.918 bits per heavy atom. The molecular weight excluding hydrogens is 655 g/mol. The topological polar surface area (TPSA) is 184 Å². The number of hydrogen-bond donors (Lipinski definition) is 4. The minimum atomic E-state index is -4.38. The Morgan fingerprint density at radius 2 is 1.63 bits per heavy atom. The first-order valence-corrected chi connectivity index (χ1v) is 17.5. The molecule has 0 saturated carbocycles. The number of hydrogen-bond acceptors (Lipinski definition) is 8. The van der Waals surface area contributed by atoms with Crippen LogP contribution in [0, 0.1) is 18.7 Å². The van der Waals surface area contributed by atoms with E-state index < -0.39 is 64.1 Å². The molecule has 0 fully saturated rings. The van der Waals surface area contributed by atoms with Crippen LogP contribution in [0.15, 0.2) is 53.4 Å². The number of fused-ring (bicyclic) bond motifs is 1. The molecule has 2 heterocycles. The van der Waals surface area contributed by atoms with E-state index in [1.54, 1.807) is 6.92 Å². The highest BCUT2D eigenvalue weighted by Crippen LogP contribution is 2.22. The highest BCUT2D eigenvalue weighted by molar-refractivity contribution is 7.89. The van der Waals surface area contributed by atoms with Crippen molar-refractivity contribution in [1.29, 1.82) is 0 Å². The minimum absolute atomic E-state index is 0.0000568. The number of nitrogens with one attached hydrogen (secondary N) is 4. The molecule has 1 aliphatic rings. The van der Waals surface area contributed by atoms with Crippen molar-refractivity contribution in [2.24, 2.45) is 5.92 Å². The summed E-state index contributed by atoms with van der Waals surface area (Å²) in [5.74, 6) is -2.51. The van der Waals surface area contributed by atoms with Crippen molar-refractivity contribution in [3.05, 3.63) is 65.7 Å². The third-order valence-corrected chi connectivity index (χ3v) is 9.86. The van der Waals surface area contributed by atoms with Gasteiger partial charge < -0.3 is 21.3 Å². The zero-order valence-corrected chi connectivity index (χ0v) is 29.0. The number of aryl methyl sites for hydroxylation is 1. The molecule has 0 aliphatic carbocycles. The van der Waals surface area contributed by atoms with Gasteiger partial charge in [-0.15, -0.1) is 0 Å². The quantitative estimate of drug-likeness (QED) is 0.311. The van der Waals surface area contributed by atoms with E-state index in [1.165, 1.54) is 24.6 Å². The van der Waals surface area contributed by atoms with Gasteiger partial charge in [0.05, 0.1) is 17.5 Å². The van der Waals surface area contributed by atoms with Gasteiger partial charge in [0, 0.05) is 18.7 Å². The number of benzene rings is 2. The van der Waals surface area contributed by atoms with Gasteiger partial charge in [0.2, 0.25) is 33.7 Å². The van der Waals surface area contributed by atoms with Crippen LogP contribution in [0.5, 0.6) is 0 Å². The van der Waals surface area contributed by atoms with E-state index in [-0.39, 0.29) is 48.9 Å². The van der Waals surface area contributed by atoms with Crippen LogP contribution < -0.4 is 21.3 Å². The van der Waals surface area contributed by atoms with Crippen LogP contribution in [-0.4, -0.2) is 82.8 Å². The fourth-order valence-electron chi connectivity index (χ4n) is 5.34. The first-order valence-electron chi connectivity index (χ1n) is 16.1. The summed E-state index contributed by atoms with van der Waals surface area (Å²) in [6.07, 6.45) is 0.375. The molecule has 3 aromatic rings. The van der Waals surface area contributed by atoms with Gasteiger partial charge in [-0.2, -0.15) is 9.40 Å². The van der Waals surface area contributed by atoms with Crippen molar-refractivity contribution in [2.75, 3.05) is 19.6 Å². The van der Waals surface area contributed by atoms with Crippen LogP contribution in [0.25, 0.3) is 11.4 Å². The second kappa shape index (κ2) is 16.1. The summed E-state index contributed by atoms with van der Waals surface area (Å²) in [6, 6.07) is 9.62. The molecule has 0 radical (unpaired) electrons. The van der Waals surface area contributed by atoms with Crippen LogP contribution in [-0.2, 0) is 35.7 Å².